The van der Waals surface area contributed by atoms with Crippen LogP contribution >= 0.6 is 11.3 Å². The average Bonchev–Trinajstić information content (AvgIpc) is 2.89. The molecular weight excluding hydrogens is 238 g/mol. The van der Waals surface area contributed by atoms with E-state index in [0.29, 0.717) is 4.96 Å². The van der Waals surface area contributed by atoms with E-state index in [1.54, 1.807) is 16.8 Å². The average molecular weight is 245 g/mol. The van der Waals surface area contributed by atoms with Crippen molar-refractivity contribution in [1.82, 2.24) is 14.4 Å². The van der Waals surface area contributed by atoms with Crippen molar-refractivity contribution in [3.8, 4) is 11.3 Å². The summed E-state index contributed by atoms with van der Waals surface area (Å²) in [5.74, 6) is -1.02. The number of nitrogens with zero attached hydrogens (tertiary/aromatic N) is 3. The fourth-order valence-electron chi connectivity index (χ4n) is 1.61. The standard InChI is InChI=1S/C11H7N3O2S/c15-10(16)8-5-14-9(6-17-11(14)13-8)7-2-1-3-12-4-7/h1-6H,(H,15,16). The first-order valence-electron chi connectivity index (χ1n) is 4.86. The van der Waals surface area contributed by atoms with Gasteiger partial charge in [-0.15, -0.1) is 11.3 Å². The summed E-state index contributed by atoms with van der Waals surface area (Å²) in [6, 6.07) is 3.77. The minimum absolute atomic E-state index is 0.0574. The number of imidazole rings is 1. The zero-order chi connectivity index (χ0) is 11.8. The number of carboxylic acid groups (broad SMARTS) is 1. The van der Waals surface area contributed by atoms with Gasteiger partial charge in [-0.1, -0.05) is 0 Å². The summed E-state index contributed by atoms with van der Waals surface area (Å²) < 4.78 is 1.77. The number of pyridine rings is 1. The lowest BCUT2D eigenvalue weighted by Crippen LogP contribution is -1.95. The van der Waals surface area contributed by atoms with Crippen LogP contribution in [0, 0.1) is 0 Å². The van der Waals surface area contributed by atoms with Crippen molar-refractivity contribution >= 4 is 22.3 Å². The van der Waals surface area contributed by atoms with Gasteiger partial charge >= 0.3 is 5.97 Å². The third kappa shape index (κ3) is 1.58. The lowest BCUT2D eigenvalue weighted by atomic mass is 10.2. The molecule has 0 bridgehead atoms. The van der Waals surface area contributed by atoms with Crippen LogP contribution in [-0.2, 0) is 0 Å². The molecule has 3 rings (SSSR count). The van der Waals surface area contributed by atoms with E-state index < -0.39 is 5.97 Å². The minimum Gasteiger partial charge on any atom is -0.476 e. The second-order valence-electron chi connectivity index (χ2n) is 3.45. The van der Waals surface area contributed by atoms with E-state index in [2.05, 4.69) is 9.97 Å². The Bertz CT molecular complexity index is 687. The van der Waals surface area contributed by atoms with Gasteiger partial charge in [0.2, 0.25) is 0 Å². The Morgan fingerprint density at radius 2 is 2.35 bits per heavy atom. The summed E-state index contributed by atoms with van der Waals surface area (Å²) in [5, 5.41) is 10.8. The molecule has 0 amide bonds. The number of carbonyl (C=O) groups is 1. The Labute approximate surface area is 100 Å². The van der Waals surface area contributed by atoms with Crippen molar-refractivity contribution in [3.63, 3.8) is 0 Å². The van der Waals surface area contributed by atoms with Crippen molar-refractivity contribution in [3.05, 3.63) is 41.8 Å². The van der Waals surface area contributed by atoms with Crippen LogP contribution in [0.15, 0.2) is 36.1 Å². The molecule has 17 heavy (non-hydrogen) atoms. The fraction of sp³-hybridized carbons (Fsp3) is 0. The molecule has 0 fully saturated rings. The molecule has 0 saturated heterocycles. The van der Waals surface area contributed by atoms with Gasteiger partial charge < -0.3 is 5.11 Å². The van der Waals surface area contributed by atoms with Gasteiger partial charge in [0, 0.05) is 29.5 Å². The molecule has 3 aromatic heterocycles. The lowest BCUT2D eigenvalue weighted by molar-refractivity contribution is 0.0691. The van der Waals surface area contributed by atoms with Gasteiger partial charge in [-0.05, 0) is 12.1 Å². The maximum absolute atomic E-state index is 10.8. The van der Waals surface area contributed by atoms with Crippen molar-refractivity contribution in [2.75, 3.05) is 0 Å². The Kier molecular flexibility index (Phi) is 2.15. The highest BCUT2D eigenvalue weighted by Gasteiger charge is 2.13. The summed E-state index contributed by atoms with van der Waals surface area (Å²) in [6.45, 7) is 0. The number of aromatic nitrogens is 3. The highest BCUT2D eigenvalue weighted by molar-refractivity contribution is 7.15. The molecule has 5 nitrogen and oxygen atoms in total. The highest BCUT2D eigenvalue weighted by atomic mass is 32.1. The van der Waals surface area contributed by atoms with Crippen LogP contribution < -0.4 is 0 Å². The Balaban J connectivity index is 2.21. The quantitative estimate of drug-likeness (QED) is 0.751. The van der Waals surface area contributed by atoms with Crippen molar-refractivity contribution in [2.45, 2.75) is 0 Å². The van der Waals surface area contributed by atoms with Crippen LogP contribution in [0.25, 0.3) is 16.2 Å². The van der Waals surface area contributed by atoms with Gasteiger partial charge in [0.1, 0.15) is 0 Å². The van der Waals surface area contributed by atoms with E-state index in [0.717, 1.165) is 11.3 Å². The van der Waals surface area contributed by atoms with Gasteiger partial charge in [-0.2, -0.15) is 0 Å². The van der Waals surface area contributed by atoms with Crippen LogP contribution in [-0.4, -0.2) is 25.4 Å². The van der Waals surface area contributed by atoms with Gasteiger partial charge in [-0.25, -0.2) is 9.78 Å². The van der Waals surface area contributed by atoms with Gasteiger partial charge in [0.15, 0.2) is 10.7 Å². The second kappa shape index (κ2) is 3.67. The molecule has 1 N–H and O–H groups in total. The SMILES string of the molecule is O=C(O)c1cn2c(-c3cccnc3)csc2n1. The van der Waals surface area contributed by atoms with E-state index in [1.165, 1.54) is 17.5 Å². The summed E-state index contributed by atoms with van der Waals surface area (Å²) >= 11 is 1.41. The topological polar surface area (TPSA) is 67.5 Å². The minimum atomic E-state index is -1.02. The molecule has 3 aromatic rings. The largest absolute Gasteiger partial charge is 0.476 e. The molecule has 0 aliphatic carbocycles. The molecule has 3 heterocycles. The van der Waals surface area contributed by atoms with Crippen LogP contribution in [0.3, 0.4) is 0 Å². The highest BCUT2D eigenvalue weighted by Crippen LogP contribution is 2.25. The third-order valence-electron chi connectivity index (χ3n) is 2.39. The van der Waals surface area contributed by atoms with Crippen LogP contribution in [0.4, 0.5) is 0 Å². The number of rotatable bonds is 2. The lowest BCUT2D eigenvalue weighted by Gasteiger charge is -1.97. The number of hydrogen-bond acceptors (Lipinski definition) is 4. The summed E-state index contributed by atoms with van der Waals surface area (Å²) in [7, 11) is 0. The maximum atomic E-state index is 10.8. The number of carboxylic acids is 1. The Hall–Kier alpha value is -2.21. The molecule has 0 aliphatic heterocycles. The van der Waals surface area contributed by atoms with Crippen molar-refractivity contribution < 1.29 is 9.90 Å². The first kappa shape index (κ1) is 9.98. The molecule has 84 valence electrons. The van der Waals surface area contributed by atoms with Crippen molar-refractivity contribution in [1.29, 1.82) is 0 Å². The zero-order valence-corrected chi connectivity index (χ0v) is 9.39. The number of thiazole rings is 1. The fourth-order valence-corrected chi connectivity index (χ4v) is 2.49. The molecule has 0 aromatic carbocycles. The van der Waals surface area contributed by atoms with E-state index >= 15 is 0 Å². The van der Waals surface area contributed by atoms with Gasteiger partial charge in [0.05, 0.1) is 5.69 Å². The second-order valence-corrected chi connectivity index (χ2v) is 4.28. The summed E-state index contributed by atoms with van der Waals surface area (Å²) in [4.78, 5) is 19.6. The number of aromatic carboxylic acids is 1. The first-order chi connectivity index (χ1) is 8.25. The molecule has 0 saturated carbocycles. The molecule has 6 heteroatoms. The van der Waals surface area contributed by atoms with E-state index in [-0.39, 0.29) is 5.69 Å². The van der Waals surface area contributed by atoms with Crippen LogP contribution in [0.5, 0.6) is 0 Å². The molecule has 0 atom stereocenters. The smallest absolute Gasteiger partial charge is 0.356 e. The summed E-state index contributed by atoms with van der Waals surface area (Å²) in [5.41, 5.74) is 1.90. The summed E-state index contributed by atoms with van der Waals surface area (Å²) in [6.07, 6.45) is 4.96. The number of fused-ring (bicyclic) bond motifs is 1. The van der Waals surface area contributed by atoms with Crippen molar-refractivity contribution in [2.24, 2.45) is 0 Å². The Morgan fingerprint density at radius 1 is 1.47 bits per heavy atom. The zero-order valence-electron chi connectivity index (χ0n) is 8.57. The normalized spacial score (nSPS) is 10.8. The predicted octanol–water partition coefficient (Wildman–Crippen LogP) is 2.16. The molecule has 0 aliphatic rings. The monoisotopic (exact) mass is 245 g/mol. The third-order valence-corrected chi connectivity index (χ3v) is 3.23. The molecule has 0 spiro atoms. The van der Waals surface area contributed by atoms with Gasteiger partial charge in [0.25, 0.3) is 0 Å². The number of hydrogen-bond donors (Lipinski definition) is 1. The Morgan fingerprint density at radius 3 is 3.06 bits per heavy atom. The van der Waals surface area contributed by atoms with E-state index in [9.17, 15) is 4.79 Å². The molecular formula is C11H7N3O2S. The van der Waals surface area contributed by atoms with Crippen LogP contribution in [0.1, 0.15) is 10.5 Å². The molecule has 0 radical (unpaired) electrons. The first-order valence-corrected chi connectivity index (χ1v) is 5.74. The maximum Gasteiger partial charge on any atom is 0.356 e. The predicted molar refractivity (Wildman–Crippen MR) is 63.3 cm³/mol. The van der Waals surface area contributed by atoms with E-state index in [4.69, 9.17) is 5.11 Å². The van der Waals surface area contributed by atoms with Gasteiger partial charge in [-0.3, -0.25) is 9.38 Å². The molecule has 0 unspecified atom stereocenters. The van der Waals surface area contributed by atoms with Crippen LogP contribution in [0.2, 0.25) is 0 Å². The van der Waals surface area contributed by atoms with E-state index in [1.807, 2.05) is 17.5 Å².